The lowest BCUT2D eigenvalue weighted by Gasteiger charge is -2.34. The minimum absolute atomic E-state index is 0.178. The van der Waals surface area contributed by atoms with E-state index in [9.17, 15) is 23.1 Å². The average molecular weight is 310 g/mol. The maximum Gasteiger partial charge on any atom is 0.410 e. The topological polar surface area (TPSA) is 70.0 Å². The molecule has 116 valence electrons. The van der Waals surface area contributed by atoms with Crippen molar-refractivity contribution < 1.29 is 23.1 Å². The zero-order valence-electron chi connectivity index (χ0n) is 11.2. The number of nitrogens with one attached hydrogen (secondary N) is 1. The molecule has 1 N–H and O–H groups in total. The van der Waals surface area contributed by atoms with Gasteiger partial charge in [-0.3, -0.25) is 0 Å². The van der Waals surface area contributed by atoms with E-state index in [0.717, 1.165) is 6.20 Å². The first-order valence-electron chi connectivity index (χ1n) is 6.55. The molecule has 5 nitrogen and oxygen atoms in total. The first-order chi connectivity index (χ1) is 10.4. The summed E-state index contributed by atoms with van der Waals surface area (Å²) in [6, 6.07) is 6.02. The van der Waals surface area contributed by atoms with Crippen LogP contribution in [0.5, 0.6) is 0 Å². The third kappa shape index (κ3) is 2.40. The Hall–Kier alpha value is -2.51. The zero-order chi connectivity index (χ0) is 15.9. The van der Waals surface area contributed by atoms with Crippen LogP contribution in [0, 0.1) is 0 Å². The van der Waals surface area contributed by atoms with Crippen molar-refractivity contribution in [2.24, 2.45) is 0 Å². The van der Waals surface area contributed by atoms with Crippen LogP contribution in [0.1, 0.15) is 34.4 Å². The monoisotopic (exact) mass is 310 g/mol. The van der Waals surface area contributed by atoms with Gasteiger partial charge in [-0.05, 0) is 5.56 Å². The van der Waals surface area contributed by atoms with Gasteiger partial charge in [-0.2, -0.15) is 18.3 Å². The molecule has 1 aliphatic heterocycles. The Balaban J connectivity index is 2.07. The summed E-state index contributed by atoms with van der Waals surface area (Å²) < 4.78 is 40.5. The van der Waals surface area contributed by atoms with Crippen LogP contribution in [0.4, 0.5) is 19.0 Å². The lowest BCUT2D eigenvalue weighted by Crippen LogP contribution is -2.36. The van der Waals surface area contributed by atoms with Gasteiger partial charge in [0.15, 0.2) is 6.04 Å². The molecule has 2 atom stereocenters. The van der Waals surface area contributed by atoms with Crippen LogP contribution in [-0.4, -0.2) is 21.9 Å². The lowest BCUT2D eigenvalue weighted by molar-refractivity contribution is -0.255. The summed E-state index contributed by atoms with van der Waals surface area (Å²) in [5.74, 6) is -1.74. The van der Waals surface area contributed by atoms with Crippen LogP contribution in [0.15, 0.2) is 36.5 Å². The quantitative estimate of drug-likeness (QED) is 0.920. The molecule has 0 amide bonds. The van der Waals surface area contributed by atoms with Crippen molar-refractivity contribution in [3.8, 4) is 0 Å². The molecule has 1 aromatic carbocycles. The average Bonchev–Trinajstić information content (AvgIpc) is 2.90. The van der Waals surface area contributed by atoms with E-state index in [-0.39, 0.29) is 17.8 Å². The van der Waals surface area contributed by atoms with Gasteiger partial charge in [-0.1, -0.05) is 30.3 Å². The molecule has 22 heavy (non-hydrogen) atoms. The normalized spacial score (nSPS) is 21.0. The molecule has 2 unspecified atom stereocenters. The highest BCUT2D eigenvalue weighted by Gasteiger charge is 2.46. The number of nitrogens with zero attached hydrogens (tertiary/aromatic N) is 2. The fourth-order valence-electron chi connectivity index (χ4n) is 2.62. The van der Waals surface area contributed by atoms with Crippen molar-refractivity contribution in [3.05, 3.63) is 47.7 Å². The Morgan fingerprint density at radius 2 is 2.00 bits per heavy atom. The number of carboxylic acid groups (broad SMARTS) is 1. The number of anilines is 1. The number of aromatic nitrogens is 2. The predicted octanol–water partition coefficient (Wildman–Crippen LogP) is 1.91. The van der Waals surface area contributed by atoms with Crippen LogP contribution in [-0.2, 0) is 0 Å². The summed E-state index contributed by atoms with van der Waals surface area (Å²) >= 11 is 0. The third-order valence-electron chi connectivity index (χ3n) is 3.66. The first kappa shape index (κ1) is 14.4. The Labute approximate surface area is 123 Å². The zero-order valence-corrected chi connectivity index (χ0v) is 11.2. The highest BCUT2D eigenvalue weighted by atomic mass is 19.4. The van der Waals surface area contributed by atoms with E-state index in [0.29, 0.717) is 10.2 Å². The summed E-state index contributed by atoms with van der Waals surface area (Å²) in [4.78, 5) is 11.0. The highest BCUT2D eigenvalue weighted by Crippen LogP contribution is 2.44. The molecule has 0 fully saturated rings. The molecule has 3 rings (SSSR count). The Morgan fingerprint density at radius 1 is 1.32 bits per heavy atom. The van der Waals surface area contributed by atoms with Crippen LogP contribution < -0.4 is 10.4 Å². The molecule has 2 heterocycles. The molecular formula is C14H11F3N3O2-. The van der Waals surface area contributed by atoms with Crippen LogP contribution >= 0.6 is 0 Å². The van der Waals surface area contributed by atoms with Crippen LogP contribution in [0.2, 0.25) is 0 Å². The number of carbonyl (C=O) groups excluding carboxylic acids is 1. The molecule has 0 spiro atoms. The largest absolute Gasteiger partial charge is 0.545 e. The van der Waals surface area contributed by atoms with Gasteiger partial charge in [0.05, 0.1) is 23.8 Å². The van der Waals surface area contributed by atoms with E-state index in [1.54, 1.807) is 30.3 Å². The smallest absolute Gasteiger partial charge is 0.410 e. The van der Waals surface area contributed by atoms with Crippen LogP contribution in [0.25, 0.3) is 0 Å². The van der Waals surface area contributed by atoms with Crippen molar-refractivity contribution in [2.45, 2.75) is 24.7 Å². The van der Waals surface area contributed by atoms with Crippen molar-refractivity contribution in [2.75, 3.05) is 5.32 Å². The molecule has 1 aromatic heterocycles. The van der Waals surface area contributed by atoms with E-state index in [1.807, 2.05) is 0 Å². The maximum atomic E-state index is 13.3. The summed E-state index contributed by atoms with van der Waals surface area (Å²) in [6.07, 6.45) is -3.92. The van der Waals surface area contributed by atoms with E-state index < -0.39 is 24.2 Å². The number of carbonyl (C=O) groups is 1. The number of benzene rings is 1. The molecule has 0 aliphatic carbocycles. The van der Waals surface area contributed by atoms with Gasteiger partial charge in [0, 0.05) is 6.42 Å². The fraction of sp³-hybridized carbons (Fsp3) is 0.286. The minimum Gasteiger partial charge on any atom is -0.545 e. The van der Waals surface area contributed by atoms with E-state index >= 15 is 0 Å². The van der Waals surface area contributed by atoms with Crippen molar-refractivity contribution in [1.82, 2.24) is 9.78 Å². The summed E-state index contributed by atoms with van der Waals surface area (Å²) in [5.41, 5.74) is 0.267. The van der Waals surface area contributed by atoms with Gasteiger partial charge >= 0.3 is 6.18 Å². The van der Waals surface area contributed by atoms with Crippen molar-refractivity contribution in [1.29, 1.82) is 0 Å². The van der Waals surface area contributed by atoms with Gasteiger partial charge < -0.3 is 15.2 Å². The number of halogens is 3. The fourth-order valence-corrected chi connectivity index (χ4v) is 2.62. The number of hydrogen-bond donors (Lipinski definition) is 1. The van der Waals surface area contributed by atoms with E-state index in [1.165, 1.54) is 0 Å². The molecule has 0 saturated carbocycles. The number of fused-ring (bicyclic) bond motifs is 1. The van der Waals surface area contributed by atoms with E-state index in [2.05, 4.69) is 10.4 Å². The molecule has 0 saturated heterocycles. The second kappa shape index (κ2) is 5.04. The van der Waals surface area contributed by atoms with Gasteiger partial charge in [-0.25, -0.2) is 4.68 Å². The van der Waals surface area contributed by atoms with Crippen molar-refractivity contribution in [3.63, 3.8) is 0 Å². The first-order valence-corrected chi connectivity index (χ1v) is 6.55. The summed E-state index contributed by atoms with van der Waals surface area (Å²) in [6.45, 7) is 0. The lowest BCUT2D eigenvalue weighted by atomic mass is 9.96. The number of carboxylic acids is 1. The SMILES string of the molecule is O=C([O-])c1cnn2c1NC(c1ccccc1)CC2C(F)(F)F. The van der Waals surface area contributed by atoms with Crippen molar-refractivity contribution >= 4 is 11.8 Å². The molecular weight excluding hydrogens is 299 g/mol. The van der Waals surface area contributed by atoms with E-state index in [4.69, 9.17) is 0 Å². The standard InChI is InChI=1S/C14H12F3N3O2/c15-14(16,17)11-6-10(8-4-2-1-3-5-8)19-12-9(13(21)22)7-18-20(11)12/h1-5,7,10-11,19H,6H2,(H,21,22)/p-1. The molecule has 0 radical (unpaired) electrons. The molecule has 8 heteroatoms. The van der Waals surface area contributed by atoms with Gasteiger partial charge in [0.1, 0.15) is 5.82 Å². The molecule has 0 bridgehead atoms. The number of aromatic carboxylic acids is 1. The third-order valence-corrected chi connectivity index (χ3v) is 3.66. The van der Waals surface area contributed by atoms with Crippen LogP contribution in [0.3, 0.4) is 0 Å². The Bertz CT molecular complexity index is 697. The minimum atomic E-state index is -4.53. The Morgan fingerprint density at radius 3 is 2.59 bits per heavy atom. The highest BCUT2D eigenvalue weighted by molar-refractivity contribution is 5.91. The second-order valence-electron chi connectivity index (χ2n) is 5.04. The number of rotatable bonds is 2. The predicted molar refractivity (Wildman–Crippen MR) is 69.1 cm³/mol. The molecule has 1 aliphatic rings. The van der Waals surface area contributed by atoms with Gasteiger partial charge in [0.2, 0.25) is 0 Å². The number of hydrogen-bond acceptors (Lipinski definition) is 4. The molecule has 2 aromatic rings. The second-order valence-corrected chi connectivity index (χ2v) is 5.04. The summed E-state index contributed by atoms with van der Waals surface area (Å²) in [7, 11) is 0. The van der Waals surface area contributed by atoms with Gasteiger partial charge in [-0.15, -0.1) is 0 Å². The number of alkyl halides is 3. The van der Waals surface area contributed by atoms with Gasteiger partial charge in [0.25, 0.3) is 0 Å². The Kier molecular flexibility index (Phi) is 3.31. The maximum absolute atomic E-state index is 13.3. The summed E-state index contributed by atoms with van der Waals surface area (Å²) in [5, 5.41) is 17.4.